The molecule has 0 saturated heterocycles. The van der Waals surface area contributed by atoms with E-state index >= 15 is 0 Å². The van der Waals surface area contributed by atoms with Crippen molar-refractivity contribution in [1.82, 2.24) is 15.4 Å². The lowest BCUT2D eigenvalue weighted by molar-refractivity contribution is -0.140. The Labute approximate surface area is 62.4 Å². The first-order valence-electron chi connectivity index (χ1n) is 3.35. The van der Waals surface area contributed by atoms with Gasteiger partial charge < -0.3 is 5.11 Å². The van der Waals surface area contributed by atoms with Crippen molar-refractivity contribution in [3.63, 3.8) is 0 Å². The van der Waals surface area contributed by atoms with Gasteiger partial charge >= 0.3 is 5.97 Å². The predicted octanol–water partition coefficient (Wildman–Crippen LogP) is -0.0791. The van der Waals surface area contributed by atoms with Gasteiger partial charge in [-0.2, -0.15) is 15.4 Å². The van der Waals surface area contributed by atoms with Crippen LogP contribution in [0.5, 0.6) is 0 Å². The van der Waals surface area contributed by atoms with E-state index in [1.165, 1.54) is 6.20 Å². The fourth-order valence-corrected chi connectivity index (χ4v) is 1.14. The van der Waals surface area contributed by atoms with Gasteiger partial charge in [-0.1, -0.05) is 0 Å². The lowest BCUT2D eigenvalue weighted by Crippen LogP contribution is -2.19. The Kier molecular flexibility index (Phi) is 1.04. The summed E-state index contributed by atoms with van der Waals surface area (Å²) in [5.74, 6) is -0.800. The lowest BCUT2D eigenvalue weighted by atomic mass is 10.0. The number of carboxylic acid groups (broad SMARTS) is 1. The smallest absolute Gasteiger partial charge is 0.315 e. The van der Waals surface area contributed by atoms with Gasteiger partial charge in [0.25, 0.3) is 0 Å². The van der Waals surface area contributed by atoms with E-state index in [-0.39, 0.29) is 0 Å². The van der Waals surface area contributed by atoms with Gasteiger partial charge in [0.15, 0.2) is 0 Å². The van der Waals surface area contributed by atoms with E-state index in [2.05, 4.69) is 15.4 Å². The van der Waals surface area contributed by atoms with Crippen molar-refractivity contribution < 1.29 is 9.90 Å². The average molecular weight is 153 g/mol. The van der Waals surface area contributed by atoms with E-state index in [9.17, 15) is 4.79 Å². The average Bonchev–Trinajstić information content (AvgIpc) is 2.61. The molecular weight excluding hydrogens is 146 g/mol. The fourth-order valence-electron chi connectivity index (χ4n) is 1.14. The van der Waals surface area contributed by atoms with Crippen LogP contribution in [0.3, 0.4) is 0 Å². The predicted molar refractivity (Wildman–Crippen MR) is 34.9 cm³/mol. The molecule has 1 heterocycles. The van der Waals surface area contributed by atoms with E-state index in [1.54, 1.807) is 0 Å². The zero-order chi connectivity index (χ0) is 7.90. The summed E-state index contributed by atoms with van der Waals surface area (Å²) in [5, 5.41) is 18.5. The van der Waals surface area contributed by atoms with Crippen LogP contribution in [0.1, 0.15) is 18.5 Å². The number of hydrogen-bond acceptors (Lipinski definition) is 3. The number of hydrogen-bond donors (Lipinski definition) is 2. The molecule has 0 spiro atoms. The summed E-state index contributed by atoms with van der Waals surface area (Å²) in [6, 6.07) is 0. The van der Waals surface area contributed by atoms with Crippen molar-refractivity contribution in [3.8, 4) is 0 Å². The Bertz CT molecular complexity index is 276. The van der Waals surface area contributed by atoms with E-state index in [4.69, 9.17) is 5.11 Å². The molecule has 1 aliphatic rings. The molecular formula is C6H7N3O2. The number of aliphatic carboxylic acids is 1. The molecule has 1 aromatic rings. The number of nitrogens with one attached hydrogen (secondary N) is 1. The maximum absolute atomic E-state index is 10.7. The molecule has 1 saturated carbocycles. The Morgan fingerprint density at radius 2 is 2.45 bits per heavy atom. The minimum absolute atomic E-state index is 0.546. The van der Waals surface area contributed by atoms with Crippen LogP contribution in [-0.4, -0.2) is 26.5 Å². The Morgan fingerprint density at radius 3 is 2.82 bits per heavy atom. The number of aromatic amines is 1. The number of carboxylic acids is 1. The molecule has 5 nitrogen and oxygen atoms in total. The van der Waals surface area contributed by atoms with E-state index in [0.717, 1.165) is 0 Å². The first kappa shape index (κ1) is 6.33. The minimum atomic E-state index is -0.800. The topological polar surface area (TPSA) is 78.9 Å². The van der Waals surface area contributed by atoms with Gasteiger partial charge in [-0.05, 0) is 12.8 Å². The highest BCUT2D eigenvalue weighted by Crippen LogP contribution is 2.47. The molecule has 0 radical (unpaired) electrons. The fraction of sp³-hybridized carbons (Fsp3) is 0.500. The highest BCUT2D eigenvalue weighted by atomic mass is 16.4. The number of rotatable bonds is 2. The molecule has 0 aromatic carbocycles. The Morgan fingerprint density at radius 1 is 1.73 bits per heavy atom. The summed E-state index contributed by atoms with van der Waals surface area (Å²) >= 11 is 0. The molecule has 11 heavy (non-hydrogen) atoms. The Balaban J connectivity index is 2.36. The third kappa shape index (κ3) is 0.736. The van der Waals surface area contributed by atoms with Gasteiger partial charge in [0.05, 0.1) is 11.9 Å². The molecule has 5 heteroatoms. The minimum Gasteiger partial charge on any atom is -0.481 e. The van der Waals surface area contributed by atoms with Crippen molar-refractivity contribution in [2.24, 2.45) is 0 Å². The molecule has 2 rings (SSSR count). The summed E-state index contributed by atoms with van der Waals surface area (Å²) in [7, 11) is 0. The third-order valence-electron chi connectivity index (χ3n) is 2.06. The molecule has 0 unspecified atom stereocenters. The summed E-state index contributed by atoms with van der Waals surface area (Å²) in [6.07, 6.45) is 2.82. The second-order valence-electron chi connectivity index (χ2n) is 2.74. The van der Waals surface area contributed by atoms with E-state index in [0.29, 0.717) is 18.5 Å². The molecule has 0 amide bonds. The van der Waals surface area contributed by atoms with Gasteiger partial charge in [0.2, 0.25) is 0 Å². The second-order valence-corrected chi connectivity index (χ2v) is 2.74. The van der Waals surface area contributed by atoms with Crippen LogP contribution in [0.25, 0.3) is 0 Å². The van der Waals surface area contributed by atoms with Crippen molar-refractivity contribution in [1.29, 1.82) is 0 Å². The van der Waals surface area contributed by atoms with Crippen LogP contribution < -0.4 is 0 Å². The van der Waals surface area contributed by atoms with Crippen LogP contribution >= 0.6 is 0 Å². The summed E-state index contributed by atoms with van der Waals surface area (Å²) < 4.78 is 0. The number of H-pyrrole nitrogens is 1. The molecule has 2 N–H and O–H groups in total. The van der Waals surface area contributed by atoms with Crippen LogP contribution in [0.2, 0.25) is 0 Å². The molecule has 0 aliphatic heterocycles. The summed E-state index contributed by atoms with van der Waals surface area (Å²) in [5.41, 5.74) is -0.169. The molecule has 58 valence electrons. The van der Waals surface area contributed by atoms with Crippen molar-refractivity contribution in [2.45, 2.75) is 18.3 Å². The van der Waals surface area contributed by atoms with E-state index < -0.39 is 11.4 Å². The number of nitrogens with zero attached hydrogens (tertiary/aromatic N) is 2. The molecule has 0 bridgehead atoms. The largest absolute Gasteiger partial charge is 0.481 e. The highest BCUT2D eigenvalue weighted by Gasteiger charge is 2.53. The zero-order valence-electron chi connectivity index (χ0n) is 5.74. The normalized spacial score (nSPS) is 19.6. The summed E-state index contributed by atoms with van der Waals surface area (Å²) in [4.78, 5) is 10.7. The third-order valence-corrected chi connectivity index (χ3v) is 2.06. The van der Waals surface area contributed by atoms with Crippen molar-refractivity contribution >= 4 is 5.97 Å². The number of carbonyl (C=O) groups is 1. The van der Waals surface area contributed by atoms with Gasteiger partial charge in [-0.15, -0.1) is 0 Å². The maximum atomic E-state index is 10.7. The zero-order valence-corrected chi connectivity index (χ0v) is 5.74. The molecule has 1 aliphatic carbocycles. The summed E-state index contributed by atoms with van der Waals surface area (Å²) in [6.45, 7) is 0. The van der Waals surface area contributed by atoms with Gasteiger partial charge in [-0.25, -0.2) is 0 Å². The van der Waals surface area contributed by atoms with Gasteiger partial charge in [0, 0.05) is 0 Å². The SMILES string of the molecule is O=C(O)C1(c2cn[nH]n2)CC1. The number of aromatic nitrogens is 3. The highest BCUT2D eigenvalue weighted by molar-refractivity contribution is 5.83. The van der Waals surface area contributed by atoms with Crippen molar-refractivity contribution in [3.05, 3.63) is 11.9 Å². The standard InChI is InChI=1S/C6H7N3O2/c10-5(11)6(1-2-6)4-3-7-9-8-4/h3H,1-2H2,(H,10,11)(H,7,8,9). The lowest BCUT2D eigenvalue weighted by Gasteiger charge is -2.02. The molecule has 0 atom stereocenters. The van der Waals surface area contributed by atoms with Crippen LogP contribution in [0.15, 0.2) is 6.20 Å². The molecule has 1 fully saturated rings. The monoisotopic (exact) mass is 153 g/mol. The Hall–Kier alpha value is -1.39. The van der Waals surface area contributed by atoms with Crippen LogP contribution in [0, 0.1) is 0 Å². The van der Waals surface area contributed by atoms with Crippen LogP contribution in [-0.2, 0) is 10.2 Å². The van der Waals surface area contributed by atoms with Crippen LogP contribution in [0.4, 0.5) is 0 Å². The van der Waals surface area contributed by atoms with Crippen molar-refractivity contribution in [2.75, 3.05) is 0 Å². The van der Waals surface area contributed by atoms with Gasteiger partial charge in [0.1, 0.15) is 5.41 Å². The maximum Gasteiger partial charge on any atom is 0.315 e. The quantitative estimate of drug-likeness (QED) is 0.622. The molecule has 1 aromatic heterocycles. The first-order valence-corrected chi connectivity index (χ1v) is 3.35. The second kappa shape index (κ2) is 1.81. The van der Waals surface area contributed by atoms with Gasteiger partial charge in [-0.3, -0.25) is 4.79 Å². The van der Waals surface area contributed by atoms with E-state index in [1.807, 2.05) is 0 Å². The first-order chi connectivity index (χ1) is 5.26.